The summed E-state index contributed by atoms with van der Waals surface area (Å²) in [5, 5.41) is 12.6. The summed E-state index contributed by atoms with van der Waals surface area (Å²) in [6.45, 7) is 0.836. The predicted octanol–water partition coefficient (Wildman–Crippen LogP) is 0.900. The number of rotatable bonds is 7. The minimum Gasteiger partial charge on any atom is -0.487 e. The monoisotopic (exact) mass is 364 g/mol. The Labute approximate surface area is 154 Å². The van der Waals surface area contributed by atoms with Gasteiger partial charge in [0.25, 0.3) is 0 Å². The van der Waals surface area contributed by atoms with Crippen molar-refractivity contribution in [1.29, 1.82) is 0 Å². The molecule has 1 aromatic rings. The van der Waals surface area contributed by atoms with E-state index in [4.69, 9.17) is 14.2 Å². The van der Waals surface area contributed by atoms with Crippen molar-refractivity contribution < 1.29 is 24.1 Å². The first-order valence-electron chi connectivity index (χ1n) is 9.03. The molecule has 0 radical (unpaired) electrons. The second-order valence-electron chi connectivity index (χ2n) is 7.07. The zero-order valence-electron chi connectivity index (χ0n) is 15.6. The van der Waals surface area contributed by atoms with E-state index >= 15 is 0 Å². The van der Waals surface area contributed by atoms with Gasteiger partial charge in [0.05, 0.1) is 25.7 Å². The molecule has 1 saturated heterocycles. The molecule has 144 valence electrons. The maximum Gasteiger partial charge on any atom is 0.222 e. The van der Waals surface area contributed by atoms with Gasteiger partial charge in [-0.05, 0) is 24.6 Å². The number of anilines is 1. The second-order valence-corrected chi connectivity index (χ2v) is 7.07. The van der Waals surface area contributed by atoms with Crippen molar-refractivity contribution in [3.8, 4) is 5.75 Å². The molecule has 1 fully saturated rings. The summed E-state index contributed by atoms with van der Waals surface area (Å²) in [7, 11) is 5.60. The number of benzene rings is 1. The summed E-state index contributed by atoms with van der Waals surface area (Å²) in [5.74, 6) is 0.897. The third-order valence-electron chi connectivity index (χ3n) is 5.04. The van der Waals surface area contributed by atoms with Crippen LogP contribution in [0.5, 0.6) is 5.75 Å². The molecule has 0 spiro atoms. The van der Waals surface area contributed by atoms with E-state index in [1.807, 2.05) is 26.2 Å². The molecule has 1 aromatic carbocycles. The van der Waals surface area contributed by atoms with Gasteiger partial charge in [-0.15, -0.1) is 0 Å². The van der Waals surface area contributed by atoms with Crippen LogP contribution in [-0.2, 0) is 14.3 Å². The van der Waals surface area contributed by atoms with Crippen LogP contribution in [-0.4, -0.2) is 70.3 Å². The van der Waals surface area contributed by atoms with Crippen LogP contribution < -0.4 is 15.0 Å². The molecule has 2 aliphatic heterocycles. The van der Waals surface area contributed by atoms with Gasteiger partial charge in [0.1, 0.15) is 18.0 Å². The fourth-order valence-corrected chi connectivity index (χ4v) is 3.73. The largest absolute Gasteiger partial charge is 0.487 e. The lowest BCUT2D eigenvalue weighted by Gasteiger charge is -2.37. The molecular formula is C19H28N2O5. The minimum absolute atomic E-state index is 0.0663. The zero-order chi connectivity index (χ0) is 18.7. The number of nitrogens with zero attached hydrogens (tertiary/aromatic N) is 1. The fourth-order valence-electron chi connectivity index (χ4n) is 3.73. The molecule has 2 N–H and O–H groups in total. The van der Waals surface area contributed by atoms with E-state index in [0.29, 0.717) is 19.6 Å². The van der Waals surface area contributed by atoms with Crippen molar-refractivity contribution in [3.63, 3.8) is 0 Å². The molecular weight excluding hydrogens is 336 g/mol. The molecule has 7 nitrogen and oxygen atoms in total. The first-order chi connectivity index (χ1) is 12.5. The van der Waals surface area contributed by atoms with Gasteiger partial charge >= 0.3 is 0 Å². The lowest BCUT2D eigenvalue weighted by molar-refractivity contribution is -0.142. The van der Waals surface area contributed by atoms with Crippen molar-refractivity contribution in [1.82, 2.24) is 5.32 Å². The molecule has 0 aliphatic carbocycles. The van der Waals surface area contributed by atoms with E-state index in [9.17, 15) is 9.90 Å². The highest BCUT2D eigenvalue weighted by Gasteiger charge is 2.46. The number of hydrogen-bond donors (Lipinski definition) is 2. The first kappa shape index (κ1) is 18.9. The van der Waals surface area contributed by atoms with Crippen molar-refractivity contribution in [3.05, 3.63) is 23.8 Å². The Hall–Kier alpha value is -1.83. The summed E-state index contributed by atoms with van der Waals surface area (Å²) < 4.78 is 17.0. The fraction of sp³-hybridized carbons (Fsp3) is 0.632. The maximum absolute atomic E-state index is 12.1. The van der Waals surface area contributed by atoms with Gasteiger partial charge in [-0.1, -0.05) is 0 Å². The Bertz CT molecular complexity index is 636. The number of hydrogen-bond acceptors (Lipinski definition) is 6. The average Bonchev–Trinajstić information content (AvgIpc) is 2.99. The Morgan fingerprint density at radius 2 is 2.23 bits per heavy atom. The molecule has 0 aromatic heterocycles. The van der Waals surface area contributed by atoms with Crippen LogP contribution in [0.3, 0.4) is 0 Å². The average molecular weight is 364 g/mol. The van der Waals surface area contributed by atoms with Gasteiger partial charge in [0, 0.05) is 44.9 Å². The molecule has 0 bridgehead atoms. The van der Waals surface area contributed by atoms with E-state index in [0.717, 1.165) is 17.0 Å². The predicted molar refractivity (Wildman–Crippen MR) is 97.8 cm³/mol. The number of carbonyl (C=O) groups excluding carboxylic acids is 1. The number of aliphatic hydroxyl groups excluding tert-OH is 1. The Balaban J connectivity index is 1.72. The number of amides is 1. The Morgan fingerprint density at radius 3 is 2.92 bits per heavy atom. The van der Waals surface area contributed by atoms with Crippen LogP contribution in [0.15, 0.2) is 18.2 Å². The molecule has 1 amide bonds. The third kappa shape index (κ3) is 3.95. The van der Waals surface area contributed by atoms with E-state index in [2.05, 4.69) is 16.3 Å². The van der Waals surface area contributed by atoms with Crippen molar-refractivity contribution >= 4 is 11.6 Å². The highest BCUT2D eigenvalue weighted by atomic mass is 16.6. The first-order valence-corrected chi connectivity index (χ1v) is 9.03. The smallest absolute Gasteiger partial charge is 0.222 e. The lowest BCUT2D eigenvalue weighted by Crippen LogP contribution is -2.47. The quantitative estimate of drug-likeness (QED) is 0.700. The Kier molecular flexibility index (Phi) is 6.01. The van der Waals surface area contributed by atoms with Crippen molar-refractivity contribution in [2.24, 2.45) is 0 Å². The van der Waals surface area contributed by atoms with Gasteiger partial charge in [-0.3, -0.25) is 4.79 Å². The highest BCUT2D eigenvalue weighted by molar-refractivity contribution is 5.76. The molecule has 0 unspecified atom stereocenters. The molecule has 26 heavy (non-hydrogen) atoms. The molecule has 7 heteroatoms. The third-order valence-corrected chi connectivity index (χ3v) is 5.04. The normalized spacial score (nSPS) is 26.6. The zero-order valence-corrected chi connectivity index (χ0v) is 15.6. The summed E-state index contributed by atoms with van der Waals surface area (Å²) >= 11 is 0. The topological polar surface area (TPSA) is 80.3 Å². The summed E-state index contributed by atoms with van der Waals surface area (Å²) in [6.07, 6.45) is 0.0870. The van der Waals surface area contributed by atoms with Crippen LogP contribution in [0.25, 0.3) is 0 Å². The van der Waals surface area contributed by atoms with E-state index in [1.54, 1.807) is 7.11 Å². The number of methoxy groups -OCH3 is 1. The van der Waals surface area contributed by atoms with E-state index < -0.39 is 6.10 Å². The molecule has 3 rings (SSSR count). The minimum atomic E-state index is -0.430. The van der Waals surface area contributed by atoms with Gasteiger partial charge in [-0.2, -0.15) is 0 Å². The van der Waals surface area contributed by atoms with Crippen LogP contribution in [0.4, 0.5) is 5.69 Å². The van der Waals surface area contributed by atoms with Crippen molar-refractivity contribution in [2.45, 2.75) is 37.1 Å². The molecule has 0 saturated carbocycles. The Morgan fingerprint density at radius 1 is 1.42 bits per heavy atom. The SMILES string of the molecule is COCCNC(=O)C[C@@H]1C[C@H]2c3cc(N(C)C)ccc3O[C@H]2[C@H](CO)O1. The summed E-state index contributed by atoms with van der Waals surface area (Å²) in [5.41, 5.74) is 2.24. The maximum atomic E-state index is 12.1. The standard InChI is InChI=1S/C19H28N2O5/c1-21(2)12-4-5-16-14(8-12)15-9-13(10-18(23)20-6-7-24-3)25-17(11-22)19(15)26-16/h4-5,8,13,15,17,19,22H,6-7,9-11H2,1-3H3,(H,20,23)/t13-,15-,17-,19+/m0/s1. The van der Waals surface area contributed by atoms with Crippen LogP contribution in [0, 0.1) is 0 Å². The number of carbonyl (C=O) groups is 1. The summed E-state index contributed by atoms with van der Waals surface area (Å²) in [4.78, 5) is 14.2. The highest BCUT2D eigenvalue weighted by Crippen LogP contribution is 2.47. The number of fused-ring (bicyclic) bond motifs is 3. The lowest BCUT2D eigenvalue weighted by atomic mass is 9.84. The van der Waals surface area contributed by atoms with E-state index in [-0.39, 0.29) is 37.1 Å². The molecule has 2 heterocycles. The number of ether oxygens (including phenoxy) is 3. The number of aliphatic hydroxyl groups is 1. The van der Waals surface area contributed by atoms with Crippen molar-refractivity contribution in [2.75, 3.05) is 45.9 Å². The number of nitrogens with one attached hydrogen (secondary N) is 1. The van der Waals surface area contributed by atoms with E-state index in [1.165, 1.54) is 0 Å². The van der Waals surface area contributed by atoms with Gasteiger partial charge in [0.15, 0.2) is 0 Å². The summed E-state index contributed by atoms with van der Waals surface area (Å²) in [6, 6.07) is 6.13. The van der Waals surface area contributed by atoms with Gasteiger partial charge in [-0.25, -0.2) is 0 Å². The second kappa shape index (κ2) is 8.24. The van der Waals surface area contributed by atoms with Crippen LogP contribution >= 0.6 is 0 Å². The van der Waals surface area contributed by atoms with Crippen LogP contribution in [0.2, 0.25) is 0 Å². The van der Waals surface area contributed by atoms with Gasteiger partial charge in [0.2, 0.25) is 5.91 Å². The van der Waals surface area contributed by atoms with Gasteiger partial charge < -0.3 is 29.5 Å². The molecule has 4 atom stereocenters. The van der Waals surface area contributed by atoms with Crippen LogP contribution in [0.1, 0.15) is 24.3 Å². The molecule has 2 aliphatic rings.